The Hall–Kier alpha value is -1.08. The molecule has 2 rings (SSSR count). The van der Waals surface area contributed by atoms with Crippen LogP contribution in [0.2, 0.25) is 0 Å². The van der Waals surface area contributed by atoms with E-state index in [0.29, 0.717) is 18.4 Å². The Morgan fingerprint density at radius 1 is 1.56 bits per heavy atom. The molecule has 2 aliphatic heterocycles. The van der Waals surface area contributed by atoms with E-state index in [1.54, 1.807) is 0 Å². The molecule has 16 heavy (non-hydrogen) atoms. The Morgan fingerprint density at radius 3 is 2.88 bits per heavy atom. The molecule has 0 radical (unpaired) electrons. The zero-order valence-electron chi connectivity index (χ0n) is 8.72. The van der Waals surface area contributed by atoms with Gasteiger partial charge in [0.25, 0.3) is 5.91 Å². The van der Waals surface area contributed by atoms with Crippen molar-refractivity contribution in [2.45, 2.75) is 11.7 Å². The van der Waals surface area contributed by atoms with Crippen molar-refractivity contribution in [2.75, 3.05) is 26.3 Å². The average Bonchev–Trinajstić information content (AvgIpc) is 2.61. The normalized spacial score (nSPS) is 25.8. The predicted molar refractivity (Wildman–Crippen MR) is 60.0 cm³/mol. The Balaban J connectivity index is 1.95. The van der Waals surface area contributed by atoms with Crippen LogP contribution in [-0.4, -0.2) is 53.4 Å². The number of aliphatic imine (C=N–C) groups is 1. The van der Waals surface area contributed by atoms with Gasteiger partial charge < -0.3 is 15.4 Å². The van der Waals surface area contributed by atoms with Crippen LogP contribution >= 0.6 is 11.8 Å². The fourth-order valence-corrected chi connectivity index (χ4v) is 2.71. The third-order valence-electron chi connectivity index (χ3n) is 2.40. The van der Waals surface area contributed by atoms with E-state index in [2.05, 4.69) is 4.99 Å². The fraction of sp³-hybridized carbons (Fsp3) is 0.667. The van der Waals surface area contributed by atoms with Crippen molar-refractivity contribution in [2.24, 2.45) is 10.7 Å². The van der Waals surface area contributed by atoms with Gasteiger partial charge in [0.05, 0.1) is 13.2 Å². The zero-order chi connectivity index (χ0) is 11.5. The lowest BCUT2D eigenvalue weighted by Crippen LogP contribution is -2.39. The fourth-order valence-electron chi connectivity index (χ4n) is 1.58. The van der Waals surface area contributed by atoms with E-state index in [-0.39, 0.29) is 12.3 Å². The van der Waals surface area contributed by atoms with Crippen molar-refractivity contribution in [3.8, 4) is 0 Å². The maximum atomic E-state index is 11.5. The lowest BCUT2D eigenvalue weighted by Gasteiger charge is -2.27. The van der Waals surface area contributed by atoms with Crippen LogP contribution in [0.1, 0.15) is 6.42 Å². The Morgan fingerprint density at radius 2 is 2.25 bits per heavy atom. The molecule has 1 saturated heterocycles. The first-order valence-electron chi connectivity index (χ1n) is 5.07. The molecule has 0 aliphatic carbocycles. The maximum absolute atomic E-state index is 11.5. The molecule has 0 aromatic carbocycles. The molecule has 2 N–H and O–H groups in total. The van der Waals surface area contributed by atoms with E-state index in [4.69, 9.17) is 10.5 Å². The highest BCUT2D eigenvalue weighted by molar-refractivity contribution is 8.15. The number of thioether (sulfide) groups is 1. The van der Waals surface area contributed by atoms with Gasteiger partial charge in [0.2, 0.25) is 5.91 Å². The van der Waals surface area contributed by atoms with Gasteiger partial charge in [0.1, 0.15) is 5.25 Å². The lowest BCUT2D eigenvalue weighted by atomic mass is 10.3. The second kappa shape index (κ2) is 4.84. The number of morpholine rings is 1. The Bertz CT molecular complexity index is 339. The van der Waals surface area contributed by atoms with Crippen LogP contribution in [0, 0.1) is 0 Å². The van der Waals surface area contributed by atoms with Crippen LogP contribution in [0.25, 0.3) is 0 Å². The number of amides is 2. The van der Waals surface area contributed by atoms with Gasteiger partial charge in [-0.05, 0) is 0 Å². The zero-order valence-corrected chi connectivity index (χ0v) is 9.53. The summed E-state index contributed by atoms with van der Waals surface area (Å²) in [6.07, 6.45) is 0.0564. The van der Waals surface area contributed by atoms with Crippen molar-refractivity contribution >= 4 is 28.7 Å². The number of carbonyl (C=O) groups is 2. The van der Waals surface area contributed by atoms with E-state index in [9.17, 15) is 9.59 Å². The molecule has 1 atom stereocenters. The van der Waals surface area contributed by atoms with Crippen LogP contribution in [-0.2, 0) is 14.3 Å². The van der Waals surface area contributed by atoms with Crippen molar-refractivity contribution in [3.05, 3.63) is 0 Å². The van der Waals surface area contributed by atoms with Gasteiger partial charge in [-0.15, -0.1) is 0 Å². The molecule has 0 unspecified atom stereocenters. The standard InChI is InChI=1S/C9H13N3O3S/c10-7(13)5-6-8(14)11-9(16-6)12-1-3-15-4-2-12/h6H,1-5H2,(H2,10,13)/t6-/m0/s1. The number of hydrogen-bond donors (Lipinski definition) is 1. The van der Waals surface area contributed by atoms with Gasteiger partial charge >= 0.3 is 0 Å². The molecular formula is C9H13N3O3S. The second-order valence-electron chi connectivity index (χ2n) is 3.61. The summed E-state index contributed by atoms with van der Waals surface area (Å²) in [5, 5.41) is 0.259. The molecule has 0 spiro atoms. The highest BCUT2D eigenvalue weighted by Crippen LogP contribution is 2.27. The Labute approximate surface area is 97.2 Å². The second-order valence-corrected chi connectivity index (χ2v) is 4.78. The van der Waals surface area contributed by atoms with Crippen LogP contribution in [0.5, 0.6) is 0 Å². The summed E-state index contributed by atoms with van der Waals surface area (Å²) in [7, 11) is 0. The number of hydrogen-bond acceptors (Lipinski definition) is 5. The maximum Gasteiger partial charge on any atom is 0.262 e. The van der Waals surface area contributed by atoms with Crippen molar-refractivity contribution in [3.63, 3.8) is 0 Å². The SMILES string of the molecule is NC(=O)C[C@@H]1SC(N2CCOCC2)=NC1=O. The largest absolute Gasteiger partial charge is 0.378 e. The summed E-state index contributed by atoms with van der Waals surface area (Å²) in [5.74, 6) is -0.727. The third kappa shape index (κ3) is 2.53. The summed E-state index contributed by atoms with van der Waals surface area (Å²) in [4.78, 5) is 28.2. The first-order valence-corrected chi connectivity index (χ1v) is 5.95. The molecule has 0 aromatic heterocycles. The van der Waals surface area contributed by atoms with Crippen molar-refractivity contribution < 1.29 is 14.3 Å². The van der Waals surface area contributed by atoms with Gasteiger partial charge in [0, 0.05) is 19.5 Å². The van der Waals surface area contributed by atoms with E-state index in [1.807, 2.05) is 4.90 Å². The molecule has 0 saturated carbocycles. The molecular weight excluding hydrogens is 230 g/mol. The quantitative estimate of drug-likeness (QED) is 0.685. The minimum Gasteiger partial charge on any atom is -0.378 e. The highest BCUT2D eigenvalue weighted by atomic mass is 32.2. The Kier molecular flexibility index (Phi) is 3.45. The lowest BCUT2D eigenvalue weighted by molar-refractivity contribution is -0.122. The van der Waals surface area contributed by atoms with Crippen LogP contribution in [0.3, 0.4) is 0 Å². The minimum absolute atomic E-state index is 0.0564. The number of primary amides is 1. The topological polar surface area (TPSA) is 85.0 Å². The number of carbonyl (C=O) groups excluding carboxylic acids is 2. The van der Waals surface area contributed by atoms with E-state index in [0.717, 1.165) is 13.1 Å². The molecule has 0 bridgehead atoms. The van der Waals surface area contributed by atoms with E-state index in [1.165, 1.54) is 11.8 Å². The van der Waals surface area contributed by atoms with Gasteiger partial charge in [-0.2, -0.15) is 4.99 Å². The summed E-state index contributed by atoms with van der Waals surface area (Å²) in [5.41, 5.74) is 5.07. The number of ether oxygens (including phenoxy) is 1. The molecule has 2 aliphatic rings. The predicted octanol–water partition coefficient (Wildman–Crippen LogP) is -0.808. The van der Waals surface area contributed by atoms with E-state index < -0.39 is 11.2 Å². The molecule has 2 heterocycles. The number of nitrogens with zero attached hydrogens (tertiary/aromatic N) is 2. The van der Waals surface area contributed by atoms with Gasteiger partial charge in [-0.3, -0.25) is 9.59 Å². The van der Waals surface area contributed by atoms with Crippen LogP contribution in [0.4, 0.5) is 0 Å². The molecule has 88 valence electrons. The molecule has 6 nitrogen and oxygen atoms in total. The first-order chi connectivity index (χ1) is 7.66. The average molecular weight is 243 g/mol. The minimum atomic E-state index is -0.468. The monoisotopic (exact) mass is 243 g/mol. The van der Waals surface area contributed by atoms with Crippen molar-refractivity contribution in [1.29, 1.82) is 0 Å². The smallest absolute Gasteiger partial charge is 0.262 e. The summed E-state index contributed by atoms with van der Waals surface area (Å²) >= 11 is 1.32. The van der Waals surface area contributed by atoms with Gasteiger partial charge in [0.15, 0.2) is 5.17 Å². The highest BCUT2D eigenvalue weighted by Gasteiger charge is 2.32. The third-order valence-corrected chi connectivity index (χ3v) is 3.61. The number of nitrogens with two attached hydrogens (primary N) is 1. The summed E-state index contributed by atoms with van der Waals surface area (Å²) in [6.45, 7) is 2.77. The summed E-state index contributed by atoms with van der Waals surface area (Å²) in [6, 6.07) is 0. The molecule has 2 amide bonds. The first kappa shape index (κ1) is 11.4. The number of amidine groups is 1. The van der Waals surface area contributed by atoms with E-state index >= 15 is 0 Å². The number of rotatable bonds is 2. The molecule has 0 aromatic rings. The van der Waals surface area contributed by atoms with Crippen LogP contribution in [0.15, 0.2) is 4.99 Å². The van der Waals surface area contributed by atoms with Crippen LogP contribution < -0.4 is 5.73 Å². The molecule has 7 heteroatoms. The van der Waals surface area contributed by atoms with Crippen molar-refractivity contribution in [1.82, 2.24) is 4.90 Å². The van der Waals surface area contributed by atoms with Gasteiger partial charge in [-0.25, -0.2) is 0 Å². The summed E-state index contributed by atoms with van der Waals surface area (Å²) < 4.78 is 5.21. The molecule has 1 fully saturated rings. The van der Waals surface area contributed by atoms with Gasteiger partial charge in [-0.1, -0.05) is 11.8 Å².